The Morgan fingerprint density at radius 3 is 2.40 bits per heavy atom. The number of methoxy groups -OCH3 is 2. The molecule has 1 aromatic heterocycles. The van der Waals surface area contributed by atoms with Gasteiger partial charge < -0.3 is 25.4 Å². The van der Waals surface area contributed by atoms with E-state index in [1.807, 2.05) is 32.0 Å². The first-order valence-corrected chi connectivity index (χ1v) is 9.53. The maximum absolute atomic E-state index is 12.7. The molecule has 2 aromatic carbocycles. The number of carbonyl (C=O) groups excluding carboxylic acids is 1. The molecule has 0 bridgehead atoms. The van der Waals surface area contributed by atoms with E-state index in [2.05, 4.69) is 25.9 Å². The predicted octanol–water partition coefficient (Wildman–Crippen LogP) is 4.23. The largest absolute Gasteiger partial charge is 0.493 e. The lowest BCUT2D eigenvalue weighted by Gasteiger charge is -2.13. The fourth-order valence-corrected chi connectivity index (χ4v) is 2.93. The summed E-state index contributed by atoms with van der Waals surface area (Å²) in [6.07, 6.45) is 0. The van der Waals surface area contributed by atoms with E-state index in [1.54, 1.807) is 30.3 Å². The number of hydrogen-bond donors (Lipinski definition) is 3. The molecule has 30 heavy (non-hydrogen) atoms. The first-order valence-electron chi connectivity index (χ1n) is 9.53. The average Bonchev–Trinajstić information content (AvgIpc) is 2.74. The molecule has 0 saturated heterocycles. The van der Waals surface area contributed by atoms with Crippen molar-refractivity contribution in [2.75, 3.05) is 36.7 Å². The summed E-state index contributed by atoms with van der Waals surface area (Å²) >= 11 is 0. The van der Waals surface area contributed by atoms with Crippen molar-refractivity contribution in [3.05, 3.63) is 59.8 Å². The number of benzene rings is 2. The van der Waals surface area contributed by atoms with E-state index < -0.39 is 0 Å². The second-order valence-corrected chi connectivity index (χ2v) is 6.45. The van der Waals surface area contributed by atoms with Crippen LogP contribution in [0.4, 0.5) is 23.1 Å². The standard InChI is InChI=1S/C22H25N5O3/c1-5-23-19-13-14(2)24-22(27-19)26-16-11-9-15(10-12-16)25-21(28)17-7-6-8-18(29-3)20(17)30-4/h6-13H,5H2,1-4H3,(H,25,28)(H2,23,24,26,27). The van der Waals surface area contributed by atoms with E-state index in [1.165, 1.54) is 14.2 Å². The molecular formula is C22H25N5O3. The van der Waals surface area contributed by atoms with Crippen molar-refractivity contribution in [1.82, 2.24) is 9.97 Å². The van der Waals surface area contributed by atoms with E-state index in [-0.39, 0.29) is 5.91 Å². The molecule has 0 atom stereocenters. The van der Waals surface area contributed by atoms with E-state index in [0.717, 1.165) is 23.7 Å². The van der Waals surface area contributed by atoms with Crippen molar-refractivity contribution in [2.24, 2.45) is 0 Å². The summed E-state index contributed by atoms with van der Waals surface area (Å²) in [6, 6.07) is 14.3. The normalized spacial score (nSPS) is 10.3. The predicted molar refractivity (Wildman–Crippen MR) is 118 cm³/mol. The lowest BCUT2D eigenvalue weighted by Crippen LogP contribution is -2.13. The molecular weight excluding hydrogens is 382 g/mol. The van der Waals surface area contributed by atoms with Gasteiger partial charge in [0.2, 0.25) is 5.95 Å². The van der Waals surface area contributed by atoms with Crippen LogP contribution in [0.3, 0.4) is 0 Å². The van der Waals surface area contributed by atoms with E-state index >= 15 is 0 Å². The van der Waals surface area contributed by atoms with Crippen LogP contribution in [-0.2, 0) is 0 Å². The number of aromatic nitrogens is 2. The van der Waals surface area contributed by atoms with Gasteiger partial charge in [-0.25, -0.2) is 4.98 Å². The number of rotatable bonds is 8. The Morgan fingerprint density at radius 1 is 1.00 bits per heavy atom. The number of nitrogens with zero attached hydrogens (tertiary/aromatic N) is 2. The van der Waals surface area contributed by atoms with E-state index in [0.29, 0.717) is 28.7 Å². The smallest absolute Gasteiger partial charge is 0.259 e. The van der Waals surface area contributed by atoms with Gasteiger partial charge in [0.1, 0.15) is 5.82 Å². The highest BCUT2D eigenvalue weighted by molar-refractivity contribution is 6.06. The van der Waals surface area contributed by atoms with Crippen molar-refractivity contribution < 1.29 is 14.3 Å². The Hall–Kier alpha value is -3.81. The zero-order chi connectivity index (χ0) is 21.5. The summed E-state index contributed by atoms with van der Waals surface area (Å²) < 4.78 is 10.6. The zero-order valence-corrected chi connectivity index (χ0v) is 17.4. The van der Waals surface area contributed by atoms with Gasteiger partial charge in [-0.15, -0.1) is 0 Å². The first-order chi connectivity index (χ1) is 14.5. The molecule has 156 valence electrons. The number of para-hydroxylation sites is 1. The van der Waals surface area contributed by atoms with Gasteiger partial charge in [0.25, 0.3) is 5.91 Å². The SMILES string of the molecule is CCNc1cc(C)nc(Nc2ccc(NC(=O)c3cccc(OC)c3OC)cc2)n1. The molecule has 0 aliphatic rings. The van der Waals surface area contributed by atoms with Gasteiger partial charge in [0, 0.05) is 29.7 Å². The van der Waals surface area contributed by atoms with E-state index in [9.17, 15) is 4.79 Å². The molecule has 3 rings (SSSR count). The summed E-state index contributed by atoms with van der Waals surface area (Å²) in [7, 11) is 3.04. The quantitative estimate of drug-likeness (QED) is 0.514. The van der Waals surface area contributed by atoms with Gasteiger partial charge in [-0.2, -0.15) is 4.98 Å². The third-order valence-corrected chi connectivity index (χ3v) is 4.26. The van der Waals surface area contributed by atoms with Gasteiger partial charge in [0.05, 0.1) is 19.8 Å². The highest BCUT2D eigenvalue weighted by Crippen LogP contribution is 2.31. The van der Waals surface area contributed by atoms with Gasteiger partial charge in [0.15, 0.2) is 11.5 Å². The average molecular weight is 407 g/mol. The van der Waals surface area contributed by atoms with Crippen molar-refractivity contribution in [3.63, 3.8) is 0 Å². The van der Waals surface area contributed by atoms with Crippen LogP contribution in [0.1, 0.15) is 23.0 Å². The lowest BCUT2D eigenvalue weighted by atomic mass is 10.1. The molecule has 3 aromatic rings. The third kappa shape index (κ3) is 4.96. The van der Waals surface area contributed by atoms with Crippen molar-refractivity contribution in [3.8, 4) is 11.5 Å². The minimum absolute atomic E-state index is 0.288. The zero-order valence-electron chi connectivity index (χ0n) is 17.4. The van der Waals surface area contributed by atoms with E-state index in [4.69, 9.17) is 9.47 Å². The van der Waals surface area contributed by atoms with Crippen molar-refractivity contribution in [1.29, 1.82) is 0 Å². The Morgan fingerprint density at radius 2 is 1.73 bits per heavy atom. The monoisotopic (exact) mass is 407 g/mol. The molecule has 1 amide bonds. The van der Waals surface area contributed by atoms with Crippen molar-refractivity contribution in [2.45, 2.75) is 13.8 Å². The highest BCUT2D eigenvalue weighted by atomic mass is 16.5. The minimum Gasteiger partial charge on any atom is -0.493 e. The summed E-state index contributed by atoms with van der Waals surface area (Å²) in [5.74, 6) is 1.87. The van der Waals surface area contributed by atoms with Crippen LogP contribution in [0.2, 0.25) is 0 Å². The van der Waals surface area contributed by atoms with Crippen LogP contribution in [0.15, 0.2) is 48.5 Å². The van der Waals surface area contributed by atoms with Crippen LogP contribution in [0.5, 0.6) is 11.5 Å². The van der Waals surface area contributed by atoms with Crippen LogP contribution < -0.4 is 25.4 Å². The van der Waals surface area contributed by atoms with Gasteiger partial charge in [-0.3, -0.25) is 4.79 Å². The molecule has 0 saturated carbocycles. The molecule has 0 aliphatic heterocycles. The molecule has 0 fully saturated rings. The summed E-state index contributed by atoms with van der Waals surface area (Å²) in [6.45, 7) is 4.71. The number of aryl methyl sites for hydroxylation is 1. The second-order valence-electron chi connectivity index (χ2n) is 6.45. The molecule has 3 N–H and O–H groups in total. The first kappa shape index (κ1) is 20.9. The number of nitrogens with one attached hydrogen (secondary N) is 3. The molecule has 8 nitrogen and oxygen atoms in total. The fraction of sp³-hybridized carbons (Fsp3) is 0.227. The minimum atomic E-state index is -0.288. The van der Waals surface area contributed by atoms with Gasteiger partial charge in [-0.05, 0) is 50.2 Å². The molecule has 0 aliphatic carbocycles. The summed E-state index contributed by atoms with van der Waals surface area (Å²) in [4.78, 5) is 21.5. The number of amides is 1. The number of anilines is 4. The Kier molecular flexibility index (Phi) is 6.69. The Labute approximate surface area is 175 Å². The Balaban J connectivity index is 1.72. The molecule has 0 radical (unpaired) electrons. The van der Waals surface area contributed by atoms with Crippen LogP contribution in [-0.4, -0.2) is 36.6 Å². The van der Waals surface area contributed by atoms with Crippen LogP contribution in [0, 0.1) is 6.92 Å². The third-order valence-electron chi connectivity index (χ3n) is 4.26. The number of carbonyl (C=O) groups is 1. The summed E-state index contributed by atoms with van der Waals surface area (Å²) in [5, 5.41) is 9.22. The number of hydrogen-bond acceptors (Lipinski definition) is 7. The highest BCUT2D eigenvalue weighted by Gasteiger charge is 2.16. The van der Waals surface area contributed by atoms with Crippen molar-refractivity contribution >= 4 is 29.0 Å². The maximum atomic E-state index is 12.7. The molecule has 8 heteroatoms. The lowest BCUT2D eigenvalue weighted by molar-refractivity contribution is 0.102. The summed E-state index contributed by atoms with van der Waals surface area (Å²) in [5.41, 5.74) is 2.71. The Bertz CT molecular complexity index is 1020. The van der Waals surface area contributed by atoms with Crippen LogP contribution in [0.25, 0.3) is 0 Å². The van der Waals surface area contributed by atoms with Gasteiger partial charge >= 0.3 is 0 Å². The fourth-order valence-electron chi connectivity index (χ4n) is 2.93. The van der Waals surface area contributed by atoms with Gasteiger partial charge in [-0.1, -0.05) is 6.07 Å². The molecule has 1 heterocycles. The topological polar surface area (TPSA) is 97.4 Å². The van der Waals surface area contributed by atoms with Crippen LogP contribution >= 0.6 is 0 Å². The molecule has 0 unspecified atom stereocenters. The number of ether oxygens (including phenoxy) is 2. The molecule has 0 spiro atoms. The maximum Gasteiger partial charge on any atom is 0.259 e. The second kappa shape index (κ2) is 9.60.